The molecule has 1 atom stereocenters. The van der Waals surface area contributed by atoms with Gasteiger partial charge in [-0.05, 0) is 0 Å². The number of para-hydroxylation sites is 1. The van der Waals surface area contributed by atoms with E-state index in [1.54, 1.807) is 0 Å². The zero-order valence-electron chi connectivity index (χ0n) is 10.7. The summed E-state index contributed by atoms with van der Waals surface area (Å²) >= 11 is 0.417. The molecule has 0 amide bonds. The molecule has 0 aliphatic heterocycles. The van der Waals surface area contributed by atoms with E-state index in [4.69, 9.17) is 4.74 Å². The van der Waals surface area contributed by atoms with Crippen molar-refractivity contribution in [3.05, 3.63) is 66.2 Å². The Morgan fingerprint density at radius 2 is 1.58 bits per heavy atom. The zero-order chi connectivity index (χ0) is 13.3. The molecule has 2 rings (SSSR count). The molecule has 2 nitrogen and oxygen atoms in total. The van der Waals surface area contributed by atoms with Crippen LogP contribution in [-0.4, -0.2) is 32.8 Å². The number of rotatable bonds is 7. The van der Waals surface area contributed by atoms with E-state index in [1.807, 2.05) is 36.4 Å². The molecule has 0 radical (unpaired) electrons. The molecule has 1 unspecified atom stereocenters. The number of hydrogen-bond acceptors (Lipinski definition) is 2. The minimum absolute atomic E-state index is 0.371. The van der Waals surface area contributed by atoms with Crippen LogP contribution in [0, 0.1) is 0 Å². The molecule has 1 N–H and O–H groups in total. The summed E-state index contributed by atoms with van der Waals surface area (Å²) in [6, 6.07) is 20.0. The van der Waals surface area contributed by atoms with Gasteiger partial charge in [-0.2, -0.15) is 0 Å². The summed E-state index contributed by atoms with van der Waals surface area (Å²) < 4.78 is 5.53. The predicted octanol–water partition coefficient (Wildman–Crippen LogP) is 2.75. The average Bonchev–Trinajstić information content (AvgIpc) is 2.47. The van der Waals surface area contributed by atoms with E-state index >= 15 is 0 Å². The third-order valence-corrected chi connectivity index (χ3v) is 5.04. The number of ether oxygens (including phenoxy) is 1. The van der Waals surface area contributed by atoms with Gasteiger partial charge in [0.05, 0.1) is 0 Å². The summed E-state index contributed by atoms with van der Waals surface area (Å²) in [5.41, 5.74) is 1.35. The van der Waals surface area contributed by atoms with Crippen LogP contribution in [0.4, 0.5) is 0 Å². The van der Waals surface area contributed by atoms with Crippen LogP contribution in [0.25, 0.3) is 0 Å². The van der Waals surface area contributed by atoms with E-state index in [2.05, 4.69) is 24.3 Å². The Bertz CT molecular complexity index is 459. The van der Waals surface area contributed by atoms with Crippen molar-refractivity contribution in [1.29, 1.82) is 0 Å². The molecular formula is C16H18O2Se. The average molecular weight is 321 g/mol. The molecule has 0 aromatic heterocycles. The molecule has 0 fully saturated rings. The number of aliphatic hydroxyl groups excluding tert-OH is 1. The molecule has 100 valence electrons. The van der Waals surface area contributed by atoms with Crippen LogP contribution in [0.2, 0.25) is 5.32 Å². The number of benzene rings is 2. The summed E-state index contributed by atoms with van der Waals surface area (Å²) in [4.78, 5) is 0. The quantitative estimate of drug-likeness (QED) is 0.795. The van der Waals surface area contributed by atoms with Gasteiger partial charge in [-0.15, -0.1) is 0 Å². The molecule has 0 bridgehead atoms. The first-order valence-corrected chi connectivity index (χ1v) is 8.74. The van der Waals surface area contributed by atoms with Crippen LogP contribution in [0.3, 0.4) is 0 Å². The third kappa shape index (κ3) is 5.48. The van der Waals surface area contributed by atoms with Crippen LogP contribution >= 0.6 is 0 Å². The van der Waals surface area contributed by atoms with Gasteiger partial charge < -0.3 is 0 Å². The van der Waals surface area contributed by atoms with Crippen LogP contribution in [-0.2, 0) is 5.32 Å². The van der Waals surface area contributed by atoms with Crippen molar-refractivity contribution in [3.8, 4) is 5.75 Å². The fourth-order valence-corrected chi connectivity index (χ4v) is 3.56. The van der Waals surface area contributed by atoms with Gasteiger partial charge in [0, 0.05) is 0 Å². The van der Waals surface area contributed by atoms with Gasteiger partial charge in [0.25, 0.3) is 0 Å². The second-order valence-electron chi connectivity index (χ2n) is 4.28. The van der Waals surface area contributed by atoms with Crippen molar-refractivity contribution in [2.24, 2.45) is 0 Å². The molecule has 0 aliphatic carbocycles. The van der Waals surface area contributed by atoms with E-state index in [-0.39, 0.29) is 6.10 Å². The zero-order valence-corrected chi connectivity index (χ0v) is 12.4. The molecule has 0 aliphatic rings. The van der Waals surface area contributed by atoms with Crippen molar-refractivity contribution in [3.63, 3.8) is 0 Å². The Hall–Kier alpha value is -1.28. The van der Waals surface area contributed by atoms with Crippen LogP contribution < -0.4 is 4.74 Å². The van der Waals surface area contributed by atoms with E-state index in [9.17, 15) is 5.11 Å². The van der Waals surface area contributed by atoms with Gasteiger partial charge in [0.15, 0.2) is 0 Å². The normalized spacial score (nSPS) is 12.1. The standard InChI is InChI=1S/C16H18O2Se/c17-15(11-18-16-9-5-2-6-10-16)13-19-12-14-7-3-1-4-8-14/h1-10,15,17H,11-13H2. The third-order valence-electron chi connectivity index (χ3n) is 2.61. The molecule has 3 heteroatoms. The van der Waals surface area contributed by atoms with Crippen LogP contribution in [0.1, 0.15) is 5.56 Å². The van der Waals surface area contributed by atoms with E-state index < -0.39 is 0 Å². The summed E-state index contributed by atoms with van der Waals surface area (Å²) in [5.74, 6) is 0.817. The molecule has 2 aromatic carbocycles. The molecular weight excluding hydrogens is 303 g/mol. The maximum absolute atomic E-state index is 9.88. The molecule has 2 aromatic rings. The van der Waals surface area contributed by atoms with Crippen LogP contribution in [0.15, 0.2) is 60.7 Å². The summed E-state index contributed by atoms with van der Waals surface area (Å²) in [5, 5.41) is 11.8. The second-order valence-corrected chi connectivity index (χ2v) is 6.44. The monoisotopic (exact) mass is 322 g/mol. The molecule has 0 spiro atoms. The Kier molecular flexibility index (Phi) is 5.95. The molecule has 0 saturated carbocycles. The van der Waals surface area contributed by atoms with Gasteiger partial charge in [0.2, 0.25) is 0 Å². The van der Waals surface area contributed by atoms with E-state index in [0.717, 1.165) is 16.4 Å². The number of hydrogen-bond donors (Lipinski definition) is 1. The maximum atomic E-state index is 9.88. The van der Waals surface area contributed by atoms with Crippen molar-refractivity contribution >= 4 is 15.0 Å². The Morgan fingerprint density at radius 3 is 2.26 bits per heavy atom. The van der Waals surface area contributed by atoms with Crippen molar-refractivity contribution < 1.29 is 9.84 Å². The fourth-order valence-electron chi connectivity index (χ4n) is 1.64. The topological polar surface area (TPSA) is 29.5 Å². The first-order chi connectivity index (χ1) is 9.34. The van der Waals surface area contributed by atoms with E-state index in [1.165, 1.54) is 5.56 Å². The van der Waals surface area contributed by atoms with Crippen molar-refractivity contribution in [2.75, 3.05) is 6.61 Å². The van der Waals surface area contributed by atoms with E-state index in [0.29, 0.717) is 21.6 Å². The summed E-state index contributed by atoms with van der Waals surface area (Å²) in [7, 11) is 0. The minimum atomic E-state index is -0.371. The first kappa shape index (κ1) is 14.1. The Labute approximate surface area is 120 Å². The van der Waals surface area contributed by atoms with Gasteiger partial charge >= 0.3 is 120 Å². The van der Waals surface area contributed by atoms with Gasteiger partial charge in [0.1, 0.15) is 0 Å². The van der Waals surface area contributed by atoms with Gasteiger partial charge in [-0.3, -0.25) is 0 Å². The van der Waals surface area contributed by atoms with Gasteiger partial charge in [-0.1, -0.05) is 0 Å². The van der Waals surface area contributed by atoms with Crippen molar-refractivity contribution in [2.45, 2.75) is 16.7 Å². The molecule has 0 saturated heterocycles. The fraction of sp³-hybridized carbons (Fsp3) is 0.250. The van der Waals surface area contributed by atoms with Crippen LogP contribution in [0.5, 0.6) is 5.75 Å². The first-order valence-electron chi connectivity index (χ1n) is 6.32. The Balaban J connectivity index is 1.64. The molecule has 19 heavy (non-hydrogen) atoms. The predicted molar refractivity (Wildman–Crippen MR) is 78.7 cm³/mol. The van der Waals surface area contributed by atoms with Crippen molar-refractivity contribution in [1.82, 2.24) is 0 Å². The molecule has 0 heterocycles. The summed E-state index contributed by atoms with van der Waals surface area (Å²) in [6.07, 6.45) is -0.371. The number of aliphatic hydroxyl groups is 1. The second kappa shape index (κ2) is 8.00. The van der Waals surface area contributed by atoms with Gasteiger partial charge in [-0.25, -0.2) is 0 Å². The summed E-state index contributed by atoms with van der Waals surface area (Å²) in [6.45, 7) is 0.376. The SMILES string of the molecule is OC(COc1ccccc1)C[Se]Cc1ccccc1. The Morgan fingerprint density at radius 1 is 0.947 bits per heavy atom.